The van der Waals surface area contributed by atoms with Crippen molar-refractivity contribution in [3.63, 3.8) is 0 Å². The summed E-state index contributed by atoms with van der Waals surface area (Å²) in [6.45, 7) is 0.437. The highest BCUT2D eigenvalue weighted by Crippen LogP contribution is 2.14. The van der Waals surface area contributed by atoms with Crippen LogP contribution >= 0.6 is 0 Å². The van der Waals surface area contributed by atoms with Crippen molar-refractivity contribution in [3.05, 3.63) is 23.8 Å². The van der Waals surface area contributed by atoms with Crippen LogP contribution in [0.5, 0.6) is 0 Å². The first kappa shape index (κ1) is 9.98. The second-order valence-corrected chi connectivity index (χ2v) is 2.44. The molecule has 0 aromatic carbocycles. The van der Waals surface area contributed by atoms with E-state index in [1.165, 1.54) is 19.4 Å². The molecule has 0 unspecified atom stereocenters. The molecule has 0 aliphatic carbocycles. The van der Waals surface area contributed by atoms with Crippen molar-refractivity contribution >= 4 is 0 Å². The Hall–Kier alpha value is -1.10. The van der Waals surface area contributed by atoms with Crippen molar-refractivity contribution in [3.8, 4) is 0 Å². The molecule has 0 atom stereocenters. The molecule has 0 N–H and O–H groups in total. The van der Waals surface area contributed by atoms with Gasteiger partial charge in [-0.2, -0.15) is 0 Å². The number of aromatic nitrogens is 2. The third-order valence-corrected chi connectivity index (χ3v) is 1.48. The van der Waals surface area contributed by atoms with Crippen molar-refractivity contribution < 1.29 is 13.5 Å². The van der Waals surface area contributed by atoms with Crippen molar-refractivity contribution in [1.29, 1.82) is 0 Å². The van der Waals surface area contributed by atoms with Crippen LogP contribution in [-0.4, -0.2) is 23.7 Å². The molecule has 0 radical (unpaired) electrons. The molecule has 1 rings (SSSR count). The molecule has 0 spiro atoms. The quantitative estimate of drug-likeness (QED) is 0.719. The highest BCUT2D eigenvalue weighted by molar-refractivity contribution is 5.03. The first-order chi connectivity index (χ1) is 6.24. The summed E-state index contributed by atoms with van der Waals surface area (Å²) in [7, 11) is 1.54. The summed E-state index contributed by atoms with van der Waals surface area (Å²) in [5.74, 6) is 0.389. The monoisotopic (exact) mass is 188 g/mol. The third kappa shape index (κ3) is 3.02. The van der Waals surface area contributed by atoms with E-state index >= 15 is 0 Å². The lowest BCUT2D eigenvalue weighted by atomic mass is 10.3. The number of hydrogen-bond acceptors (Lipinski definition) is 3. The highest BCUT2D eigenvalue weighted by Gasteiger charge is 2.09. The van der Waals surface area contributed by atoms with Gasteiger partial charge in [0.25, 0.3) is 6.43 Å². The Morgan fingerprint density at radius 3 is 2.92 bits per heavy atom. The zero-order valence-electron chi connectivity index (χ0n) is 7.20. The van der Waals surface area contributed by atoms with Gasteiger partial charge in [0.1, 0.15) is 11.5 Å². The van der Waals surface area contributed by atoms with Gasteiger partial charge in [-0.05, 0) is 6.07 Å². The third-order valence-electron chi connectivity index (χ3n) is 1.48. The molecule has 0 fully saturated rings. The SMILES string of the molecule is COCCc1nccc(C(F)F)n1. The molecule has 3 nitrogen and oxygen atoms in total. The summed E-state index contributed by atoms with van der Waals surface area (Å²) in [5.41, 5.74) is -0.235. The van der Waals surface area contributed by atoms with E-state index in [-0.39, 0.29) is 5.69 Å². The molecule has 0 saturated heterocycles. The Labute approximate surface area is 74.8 Å². The number of nitrogens with zero attached hydrogens (tertiary/aromatic N) is 2. The Balaban J connectivity index is 2.68. The average Bonchev–Trinajstić information content (AvgIpc) is 2.15. The van der Waals surface area contributed by atoms with Crippen molar-refractivity contribution in [1.82, 2.24) is 9.97 Å². The second kappa shape index (κ2) is 4.81. The molecule has 72 valence electrons. The van der Waals surface area contributed by atoms with Crippen LogP contribution in [0.15, 0.2) is 12.3 Å². The van der Waals surface area contributed by atoms with Crippen molar-refractivity contribution in [2.24, 2.45) is 0 Å². The molecule has 1 aromatic rings. The normalized spacial score (nSPS) is 10.8. The van der Waals surface area contributed by atoms with Crippen molar-refractivity contribution in [2.75, 3.05) is 13.7 Å². The number of methoxy groups -OCH3 is 1. The maximum atomic E-state index is 12.1. The fourth-order valence-electron chi connectivity index (χ4n) is 0.850. The van der Waals surface area contributed by atoms with Gasteiger partial charge in [0.2, 0.25) is 0 Å². The van der Waals surface area contributed by atoms with E-state index in [2.05, 4.69) is 9.97 Å². The molecular formula is C8H10F2N2O. The molecule has 0 bridgehead atoms. The summed E-state index contributed by atoms with van der Waals surface area (Å²) in [5, 5.41) is 0. The van der Waals surface area contributed by atoms with E-state index in [0.717, 1.165) is 0 Å². The lowest BCUT2D eigenvalue weighted by Gasteiger charge is -2.01. The Morgan fingerprint density at radius 1 is 1.54 bits per heavy atom. The summed E-state index contributed by atoms with van der Waals surface area (Å²) in [6, 6.07) is 1.21. The largest absolute Gasteiger partial charge is 0.384 e. The molecule has 0 aliphatic rings. The molecule has 13 heavy (non-hydrogen) atoms. The van der Waals surface area contributed by atoms with Crippen LogP contribution in [-0.2, 0) is 11.2 Å². The van der Waals surface area contributed by atoms with Crippen LogP contribution < -0.4 is 0 Å². The maximum absolute atomic E-state index is 12.1. The first-order valence-corrected chi connectivity index (χ1v) is 3.83. The van der Waals surface area contributed by atoms with Gasteiger partial charge in [-0.25, -0.2) is 18.7 Å². The smallest absolute Gasteiger partial charge is 0.280 e. The van der Waals surface area contributed by atoms with Gasteiger partial charge in [0.05, 0.1) is 6.61 Å². The summed E-state index contributed by atoms with van der Waals surface area (Å²) in [6.07, 6.45) is -0.749. The van der Waals surface area contributed by atoms with Crippen molar-refractivity contribution in [2.45, 2.75) is 12.8 Å². The van der Waals surface area contributed by atoms with Gasteiger partial charge in [-0.1, -0.05) is 0 Å². The average molecular weight is 188 g/mol. The van der Waals surface area contributed by atoms with Gasteiger partial charge >= 0.3 is 0 Å². The number of halogens is 2. The molecule has 5 heteroatoms. The number of ether oxygens (including phenoxy) is 1. The minimum atomic E-state index is -2.54. The van der Waals surface area contributed by atoms with Crippen LogP contribution in [0, 0.1) is 0 Å². The molecule has 0 aliphatic heterocycles. The lowest BCUT2D eigenvalue weighted by Crippen LogP contribution is -2.02. The Kier molecular flexibility index (Phi) is 3.70. The van der Waals surface area contributed by atoms with Gasteiger partial charge in [-0.15, -0.1) is 0 Å². The van der Waals surface area contributed by atoms with Crippen LogP contribution in [0.3, 0.4) is 0 Å². The van der Waals surface area contributed by atoms with Crippen LogP contribution in [0.25, 0.3) is 0 Å². The predicted molar refractivity (Wildman–Crippen MR) is 42.6 cm³/mol. The fourth-order valence-corrected chi connectivity index (χ4v) is 0.850. The molecule has 1 aromatic heterocycles. The fraction of sp³-hybridized carbons (Fsp3) is 0.500. The van der Waals surface area contributed by atoms with E-state index in [1.807, 2.05) is 0 Å². The number of hydrogen-bond donors (Lipinski definition) is 0. The van der Waals surface area contributed by atoms with Crippen LogP contribution in [0.2, 0.25) is 0 Å². The van der Waals surface area contributed by atoms with Gasteiger partial charge in [0, 0.05) is 19.7 Å². The van der Waals surface area contributed by atoms with E-state index in [9.17, 15) is 8.78 Å². The van der Waals surface area contributed by atoms with Gasteiger partial charge < -0.3 is 4.74 Å². The summed E-state index contributed by atoms with van der Waals surface area (Å²) >= 11 is 0. The Morgan fingerprint density at radius 2 is 2.31 bits per heavy atom. The lowest BCUT2D eigenvalue weighted by molar-refractivity contribution is 0.145. The number of alkyl halides is 2. The van der Waals surface area contributed by atoms with Crippen LogP contribution in [0.4, 0.5) is 8.78 Å². The zero-order valence-corrected chi connectivity index (χ0v) is 7.20. The van der Waals surface area contributed by atoms with E-state index < -0.39 is 6.43 Å². The minimum Gasteiger partial charge on any atom is -0.384 e. The highest BCUT2D eigenvalue weighted by atomic mass is 19.3. The molecular weight excluding hydrogens is 178 g/mol. The summed E-state index contributed by atoms with van der Waals surface area (Å²) in [4.78, 5) is 7.50. The standard InChI is InChI=1S/C8H10F2N2O/c1-13-5-3-7-11-4-2-6(12-7)8(9)10/h2,4,8H,3,5H2,1H3. The number of rotatable bonds is 4. The maximum Gasteiger partial charge on any atom is 0.280 e. The summed E-state index contributed by atoms with van der Waals surface area (Å²) < 4.78 is 29.1. The molecule has 0 amide bonds. The van der Waals surface area contributed by atoms with E-state index in [1.54, 1.807) is 0 Å². The topological polar surface area (TPSA) is 35.0 Å². The van der Waals surface area contributed by atoms with Gasteiger partial charge in [-0.3, -0.25) is 0 Å². The van der Waals surface area contributed by atoms with Crippen LogP contribution in [0.1, 0.15) is 17.9 Å². The van der Waals surface area contributed by atoms with E-state index in [0.29, 0.717) is 18.9 Å². The van der Waals surface area contributed by atoms with E-state index in [4.69, 9.17) is 4.74 Å². The zero-order chi connectivity index (χ0) is 9.68. The Bertz CT molecular complexity index is 268. The predicted octanol–water partition coefficient (Wildman–Crippen LogP) is 1.60. The minimum absolute atomic E-state index is 0.235. The van der Waals surface area contributed by atoms with Gasteiger partial charge in [0.15, 0.2) is 0 Å². The molecule has 0 saturated carbocycles. The second-order valence-electron chi connectivity index (χ2n) is 2.44. The molecule has 1 heterocycles. The first-order valence-electron chi connectivity index (χ1n) is 3.83.